The van der Waals surface area contributed by atoms with Gasteiger partial charge in [0.05, 0.1) is 22.5 Å². The zero-order valence-corrected chi connectivity index (χ0v) is 41.7. The molecule has 3 aliphatic carbocycles. The van der Waals surface area contributed by atoms with Crippen molar-refractivity contribution in [3.05, 3.63) is 312 Å². The molecule has 76 heavy (non-hydrogen) atoms. The minimum Gasteiger partial charge on any atom is -0.308 e. The number of benzene rings is 12. The van der Waals surface area contributed by atoms with E-state index < -0.39 is 5.41 Å². The summed E-state index contributed by atoms with van der Waals surface area (Å²) in [5.41, 5.74) is 31.5. The van der Waals surface area contributed by atoms with Crippen LogP contribution in [0.1, 0.15) is 33.4 Å². The molecule has 0 radical (unpaired) electrons. The molecule has 0 saturated carbocycles. The van der Waals surface area contributed by atoms with Gasteiger partial charge in [-0.25, -0.2) is 0 Å². The Hall–Kier alpha value is -9.76. The molecule has 1 unspecified atom stereocenters. The minimum atomic E-state index is -0.633. The lowest BCUT2D eigenvalue weighted by atomic mass is 9.65. The van der Waals surface area contributed by atoms with E-state index in [1.807, 2.05) is 0 Å². The molecule has 4 aliphatic rings. The second-order valence-electron chi connectivity index (χ2n) is 20.6. The monoisotopic (exact) mass is 964 g/mol. The van der Waals surface area contributed by atoms with Gasteiger partial charge in [-0.15, -0.1) is 0 Å². The predicted molar refractivity (Wildman–Crippen MR) is 316 cm³/mol. The molecular formula is C74H48N2. The van der Waals surface area contributed by atoms with Crippen molar-refractivity contribution in [1.82, 2.24) is 0 Å². The van der Waals surface area contributed by atoms with Gasteiger partial charge in [-0.2, -0.15) is 0 Å². The average molecular weight is 965 g/mol. The van der Waals surface area contributed by atoms with Gasteiger partial charge >= 0.3 is 0 Å². The first-order valence-corrected chi connectivity index (χ1v) is 26.5. The third kappa shape index (κ3) is 6.04. The summed E-state index contributed by atoms with van der Waals surface area (Å²) in [6.45, 7) is 0. The van der Waals surface area contributed by atoms with Crippen LogP contribution in [0.5, 0.6) is 0 Å². The first kappa shape index (κ1) is 42.7. The number of para-hydroxylation sites is 3. The summed E-state index contributed by atoms with van der Waals surface area (Å²) in [4.78, 5) is 5.02. The standard InChI is InChI=1S/C74H48N2/c1-3-20-48(21-4-1)49-38-41-53(42-39-49)75(70-37-19-33-62-58-28-11-10-27-57(58)61-31-15-18-36-69(61)76(73(62)70)52-23-5-2-6-24-52)54-43-45-67-64(47-54)59-29-12-9-26-56(59)60-30-13-16-34-65(60)74(67)66-35-17-14-32-63(66)72-68(74)44-40-51-46-50-22-7-8-25-55(50)71(51)72/h1-45,47H,46H2. The Morgan fingerprint density at radius 3 is 1.57 bits per heavy atom. The lowest BCUT2D eigenvalue weighted by Crippen LogP contribution is -2.29. The fourth-order valence-corrected chi connectivity index (χ4v) is 13.8. The van der Waals surface area contributed by atoms with Crippen molar-refractivity contribution in [2.45, 2.75) is 11.8 Å². The second kappa shape index (κ2) is 16.6. The van der Waals surface area contributed by atoms with Crippen LogP contribution in [0.15, 0.2) is 279 Å². The summed E-state index contributed by atoms with van der Waals surface area (Å²) in [7, 11) is 0. The van der Waals surface area contributed by atoms with Crippen LogP contribution < -0.4 is 9.80 Å². The van der Waals surface area contributed by atoms with Crippen LogP contribution >= 0.6 is 0 Å². The normalized spacial score (nSPS) is 14.6. The van der Waals surface area contributed by atoms with Gasteiger partial charge in [-0.1, -0.05) is 231 Å². The molecular weight excluding hydrogens is 917 g/mol. The Morgan fingerprint density at radius 2 is 0.816 bits per heavy atom. The van der Waals surface area contributed by atoms with Crippen LogP contribution in [0.2, 0.25) is 0 Å². The summed E-state index contributed by atoms with van der Waals surface area (Å²) in [5, 5.41) is 0. The SMILES string of the molecule is c1ccc(-c2ccc(N(c3ccc4c(c3)-c3ccccc3-c3ccccc3C43c4ccccc4-c4c3ccc3c4-c4ccccc4C3)c3cccc4c3N(c3ccccc3)c3ccccc3-c3ccccc3-4)cc2)cc1. The number of nitrogens with zero attached hydrogens (tertiary/aromatic N) is 2. The highest BCUT2D eigenvalue weighted by atomic mass is 15.2. The number of hydrogen-bond acceptors (Lipinski definition) is 2. The van der Waals surface area contributed by atoms with Gasteiger partial charge in [0.2, 0.25) is 0 Å². The Labute approximate surface area is 443 Å². The van der Waals surface area contributed by atoms with Crippen molar-refractivity contribution < 1.29 is 0 Å². The molecule has 16 rings (SSSR count). The van der Waals surface area contributed by atoms with E-state index in [0.717, 1.165) is 40.5 Å². The molecule has 0 amide bonds. The van der Waals surface area contributed by atoms with Crippen LogP contribution in [-0.4, -0.2) is 0 Å². The summed E-state index contributed by atoms with van der Waals surface area (Å²) in [5.74, 6) is 0. The third-order valence-electron chi connectivity index (χ3n) is 16.8. The smallest absolute Gasteiger partial charge is 0.0781 e. The fourth-order valence-electron chi connectivity index (χ4n) is 13.8. The van der Waals surface area contributed by atoms with Crippen molar-refractivity contribution in [2.24, 2.45) is 0 Å². The van der Waals surface area contributed by atoms with Gasteiger partial charge in [0, 0.05) is 28.2 Å². The number of hydrogen-bond donors (Lipinski definition) is 0. The zero-order chi connectivity index (χ0) is 49.9. The van der Waals surface area contributed by atoms with Gasteiger partial charge in [0.25, 0.3) is 0 Å². The quantitative estimate of drug-likeness (QED) is 0.170. The molecule has 1 spiro atoms. The van der Waals surface area contributed by atoms with Gasteiger partial charge in [-0.05, 0) is 155 Å². The maximum atomic E-state index is 2.52. The highest BCUT2D eigenvalue weighted by molar-refractivity contribution is 6.09. The van der Waals surface area contributed by atoms with Crippen molar-refractivity contribution in [1.29, 1.82) is 0 Å². The fraction of sp³-hybridized carbons (Fsp3) is 0.0270. The molecule has 354 valence electrons. The summed E-state index contributed by atoms with van der Waals surface area (Å²) < 4.78 is 0. The average Bonchev–Trinajstić information content (AvgIpc) is 4.13. The lowest BCUT2D eigenvalue weighted by Gasteiger charge is -2.37. The number of rotatable bonds is 5. The van der Waals surface area contributed by atoms with E-state index >= 15 is 0 Å². The Bertz CT molecular complexity index is 4320. The highest BCUT2D eigenvalue weighted by Crippen LogP contribution is 2.65. The van der Waals surface area contributed by atoms with E-state index in [4.69, 9.17) is 0 Å². The topological polar surface area (TPSA) is 6.48 Å². The van der Waals surface area contributed by atoms with Crippen LogP contribution in [0.25, 0.3) is 77.9 Å². The van der Waals surface area contributed by atoms with Crippen LogP contribution in [-0.2, 0) is 11.8 Å². The van der Waals surface area contributed by atoms with Crippen molar-refractivity contribution in [3.8, 4) is 77.9 Å². The molecule has 0 fully saturated rings. The van der Waals surface area contributed by atoms with Gasteiger partial charge in [0.15, 0.2) is 0 Å². The van der Waals surface area contributed by atoms with Crippen molar-refractivity contribution in [3.63, 3.8) is 0 Å². The second-order valence-corrected chi connectivity index (χ2v) is 20.6. The van der Waals surface area contributed by atoms with Crippen molar-refractivity contribution in [2.75, 3.05) is 9.80 Å². The van der Waals surface area contributed by atoms with E-state index in [-0.39, 0.29) is 0 Å². The first-order valence-electron chi connectivity index (χ1n) is 26.5. The summed E-state index contributed by atoms with van der Waals surface area (Å²) in [6.07, 6.45) is 0.945. The van der Waals surface area contributed by atoms with E-state index in [0.29, 0.717) is 0 Å². The highest BCUT2D eigenvalue weighted by Gasteiger charge is 2.51. The van der Waals surface area contributed by atoms with E-state index in [1.54, 1.807) is 0 Å². The maximum Gasteiger partial charge on any atom is 0.0781 e. The van der Waals surface area contributed by atoms with Crippen molar-refractivity contribution >= 4 is 34.1 Å². The van der Waals surface area contributed by atoms with Gasteiger partial charge < -0.3 is 9.80 Å². The summed E-state index contributed by atoms with van der Waals surface area (Å²) >= 11 is 0. The molecule has 1 aliphatic heterocycles. The van der Waals surface area contributed by atoms with Gasteiger partial charge in [-0.3, -0.25) is 0 Å². The number of fused-ring (bicyclic) bond motifs is 21. The molecule has 1 heterocycles. The molecule has 0 N–H and O–H groups in total. The van der Waals surface area contributed by atoms with Crippen LogP contribution in [0.4, 0.5) is 34.1 Å². The predicted octanol–water partition coefficient (Wildman–Crippen LogP) is 19.5. The van der Waals surface area contributed by atoms with Crippen LogP contribution in [0, 0.1) is 0 Å². The zero-order valence-electron chi connectivity index (χ0n) is 41.7. The maximum absolute atomic E-state index is 2.52. The van der Waals surface area contributed by atoms with E-state index in [2.05, 4.69) is 289 Å². The van der Waals surface area contributed by atoms with E-state index in [1.165, 1.54) is 111 Å². The minimum absolute atomic E-state index is 0.633. The molecule has 0 aromatic heterocycles. The summed E-state index contributed by atoms with van der Waals surface area (Å²) in [6, 6.07) is 105. The van der Waals surface area contributed by atoms with E-state index in [9.17, 15) is 0 Å². The third-order valence-corrected chi connectivity index (χ3v) is 16.8. The Kier molecular flexibility index (Phi) is 9.35. The largest absolute Gasteiger partial charge is 0.308 e. The Morgan fingerprint density at radius 1 is 0.303 bits per heavy atom. The number of anilines is 6. The molecule has 12 aromatic carbocycles. The molecule has 2 nitrogen and oxygen atoms in total. The first-order chi connectivity index (χ1) is 37.7. The molecule has 2 heteroatoms. The van der Waals surface area contributed by atoms with Gasteiger partial charge in [0.1, 0.15) is 0 Å². The molecule has 12 aromatic rings. The molecule has 0 saturated heterocycles. The Balaban J connectivity index is 1.01. The van der Waals surface area contributed by atoms with Crippen LogP contribution in [0.3, 0.4) is 0 Å². The lowest BCUT2D eigenvalue weighted by molar-refractivity contribution is 0.775. The molecule has 0 bridgehead atoms. The molecule has 1 atom stereocenters.